The van der Waals surface area contributed by atoms with Crippen LogP contribution in [-0.2, 0) is 14.3 Å². The number of ether oxygens (including phenoxy) is 1. The fourth-order valence-electron chi connectivity index (χ4n) is 9.47. The topological polar surface area (TPSA) is 88.6 Å². The van der Waals surface area contributed by atoms with Gasteiger partial charge in [-0.05, 0) is 99.1 Å². The van der Waals surface area contributed by atoms with Crippen molar-refractivity contribution in [2.75, 3.05) is 77.5 Å². The number of carbonyl (C=O) groups is 2. The lowest BCUT2D eigenvalue weighted by atomic mass is 9.84. The highest BCUT2D eigenvalue weighted by molar-refractivity contribution is 5.79. The van der Waals surface area contributed by atoms with Gasteiger partial charge in [0.25, 0.3) is 0 Å². The van der Waals surface area contributed by atoms with Crippen LogP contribution in [0.1, 0.15) is 107 Å². The Balaban J connectivity index is 0.000000165. The molecule has 7 saturated heterocycles. The van der Waals surface area contributed by atoms with Crippen molar-refractivity contribution < 1.29 is 14.3 Å². The van der Waals surface area contributed by atoms with E-state index in [1.165, 1.54) is 71.2 Å². The van der Waals surface area contributed by atoms with Crippen LogP contribution in [-0.4, -0.2) is 161 Å². The van der Waals surface area contributed by atoms with E-state index in [4.69, 9.17) is 9.53 Å². The summed E-state index contributed by atoms with van der Waals surface area (Å²) >= 11 is 0. The molecule has 0 atom stereocenters. The molecule has 0 saturated carbocycles. The molecule has 290 valence electrons. The van der Waals surface area contributed by atoms with E-state index in [0.29, 0.717) is 29.1 Å². The molecule has 1 amide bonds. The second kappa shape index (κ2) is 18.2. The van der Waals surface area contributed by atoms with E-state index in [0.717, 1.165) is 63.6 Å². The Labute approximate surface area is 310 Å². The smallest absolute Gasteiger partial charge is 0.222 e. The maximum atomic E-state index is 11.4. The van der Waals surface area contributed by atoms with Crippen LogP contribution in [0.2, 0.25) is 0 Å². The second-order valence-corrected chi connectivity index (χ2v) is 16.6. The van der Waals surface area contributed by atoms with Gasteiger partial charge in [-0.1, -0.05) is 13.8 Å². The molecule has 11 nitrogen and oxygen atoms in total. The molecule has 1 aromatic rings. The number of amides is 1. The summed E-state index contributed by atoms with van der Waals surface area (Å²) in [5.41, 5.74) is 1.12. The molecule has 0 bridgehead atoms. The maximum Gasteiger partial charge on any atom is 0.222 e. The summed E-state index contributed by atoms with van der Waals surface area (Å²) in [6, 6.07) is 4.84. The molecule has 0 unspecified atom stereocenters. The summed E-state index contributed by atoms with van der Waals surface area (Å²) in [6.45, 7) is 31.2. The van der Waals surface area contributed by atoms with Gasteiger partial charge in [-0.15, -0.1) is 0 Å². The van der Waals surface area contributed by atoms with Gasteiger partial charge < -0.3 is 19.3 Å². The number of carbonyl (C=O) groups excluding carboxylic acids is 2. The molecule has 8 rings (SSSR count). The summed E-state index contributed by atoms with van der Waals surface area (Å²) in [4.78, 5) is 42.7. The van der Waals surface area contributed by atoms with E-state index in [-0.39, 0.29) is 5.54 Å². The number of hydrogen-bond acceptors (Lipinski definition) is 10. The Morgan fingerprint density at radius 3 is 1.76 bits per heavy atom. The van der Waals surface area contributed by atoms with Crippen molar-refractivity contribution >= 4 is 18.5 Å². The van der Waals surface area contributed by atoms with Crippen LogP contribution in [0.15, 0.2) is 18.6 Å². The van der Waals surface area contributed by atoms with Crippen LogP contribution in [0.5, 0.6) is 0 Å². The number of likely N-dealkylation sites (N-methyl/N-ethyl adjacent to an activating group) is 1. The van der Waals surface area contributed by atoms with Crippen molar-refractivity contribution in [3.05, 3.63) is 18.6 Å². The van der Waals surface area contributed by atoms with Gasteiger partial charge in [0.15, 0.2) is 0 Å². The zero-order valence-electron chi connectivity index (χ0n) is 33.8. The van der Waals surface area contributed by atoms with Crippen LogP contribution < -0.4 is 4.90 Å². The SMILES string of the molecule is C=O.CC.CC(C)N1CC2(CCC(=O)N2C)C1.CC(C)N1CC2(CCCN2C2CCOCC2)C1.CC(C)N1CC2(CCCN2c2ccncn2)C1. The fraction of sp³-hybridized carbons (Fsp3) is 0.850. The van der Waals surface area contributed by atoms with E-state index in [1.54, 1.807) is 6.33 Å². The first-order valence-corrected chi connectivity index (χ1v) is 20.1. The lowest BCUT2D eigenvalue weighted by Gasteiger charge is -2.57. The van der Waals surface area contributed by atoms with Gasteiger partial charge in [-0.2, -0.15) is 0 Å². The van der Waals surface area contributed by atoms with E-state index < -0.39 is 0 Å². The predicted molar refractivity (Wildman–Crippen MR) is 207 cm³/mol. The van der Waals surface area contributed by atoms with Crippen molar-refractivity contribution in [1.82, 2.24) is 34.5 Å². The number of rotatable bonds is 5. The zero-order chi connectivity index (χ0) is 37.4. The lowest BCUT2D eigenvalue weighted by Crippen LogP contribution is -2.70. The number of nitrogens with zero attached hydrogens (tertiary/aromatic N) is 8. The number of aromatic nitrogens is 2. The summed E-state index contributed by atoms with van der Waals surface area (Å²) in [7, 11) is 1.95. The minimum absolute atomic E-state index is 0.210. The van der Waals surface area contributed by atoms with E-state index >= 15 is 0 Å². The number of anilines is 1. The first-order valence-electron chi connectivity index (χ1n) is 20.1. The molecule has 3 spiro atoms. The highest BCUT2D eigenvalue weighted by Gasteiger charge is 2.54. The van der Waals surface area contributed by atoms with Gasteiger partial charge >= 0.3 is 0 Å². The average molecular weight is 713 g/mol. The highest BCUT2D eigenvalue weighted by Crippen LogP contribution is 2.42. The molecule has 7 aliphatic heterocycles. The third kappa shape index (κ3) is 8.97. The third-order valence-corrected chi connectivity index (χ3v) is 12.8. The van der Waals surface area contributed by atoms with Gasteiger partial charge in [-0.25, -0.2) is 9.97 Å². The molecular weight excluding hydrogens is 640 g/mol. The minimum atomic E-state index is 0.210. The highest BCUT2D eigenvalue weighted by atomic mass is 16.5. The first kappa shape index (κ1) is 41.6. The Morgan fingerprint density at radius 1 is 0.765 bits per heavy atom. The Bertz CT molecular complexity index is 1190. The second-order valence-electron chi connectivity index (χ2n) is 16.6. The summed E-state index contributed by atoms with van der Waals surface area (Å²) < 4.78 is 5.50. The monoisotopic (exact) mass is 713 g/mol. The third-order valence-electron chi connectivity index (χ3n) is 12.8. The van der Waals surface area contributed by atoms with Gasteiger partial charge in [0.1, 0.15) is 18.9 Å². The van der Waals surface area contributed by atoms with Crippen molar-refractivity contribution in [3.8, 4) is 0 Å². The molecule has 7 aliphatic rings. The summed E-state index contributed by atoms with van der Waals surface area (Å²) in [6.07, 6.45) is 13.2. The van der Waals surface area contributed by atoms with E-state index in [1.807, 2.05) is 44.8 Å². The Morgan fingerprint density at radius 2 is 1.27 bits per heavy atom. The number of likely N-dealkylation sites (tertiary alicyclic amines) is 5. The van der Waals surface area contributed by atoms with Crippen LogP contribution in [0.3, 0.4) is 0 Å². The van der Waals surface area contributed by atoms with Crippen molar-refractivity contribution in [2.24, 2.45) is 0 Å². The quantitative estimate of drug-likeness (QED) is 0.424. The van der Waals surface area contributed by atoms with E-state index in [9.17, 15) is 4.79 Å². The first-order chi connectivity index (χ1) is 24.5. The Hall–Kier alpha value is -2.18. The van der Waals surface area contributed by atoms with Crippen LogP contribution >= 0.6 is 0 Å². The normalized spacial score (nSPS) is 25.4. The van der Waals surface area contributed by atoms with Crippen molar-refractivity contribution in [1.29, 1.82) is 0 Å². The minimum Gasteiger partial charge on any atom is -0.381 e. The molecule has 0 N–H and O–H groups in total. The molecule has 7 fully saturated rings. The van der Waals surface area contributed by atoms with Gasteiger partial charge in [0, 0.05) is 108 Å². The van der Waals surface area contributed by atoms with Crippen molar-refractivity contribution in [3.63, 3.8) is 0 Å². The van der Waals surface area contributed by atoms with Gasteiger partial charge in [-0.3, -0.25) is 24.4 Å². The van der Waals surface area contributed by atoms with Gasteiger partial charge in [0.2, 0.25) is 5.91 Å². The fourth-order valence-corrected chi connectivity index (χ4v) is 9.47. The molecule has 11 heteroatoms. The van der Waals surface area contributed by atoms with Crippen LogP contribution in [0.25, 0.3) is 0 Å². The molecule has 0 radical (unpaired) electrons. The average Bonchev–Trinajstić information content (AvgIpc) is 3.82. The molecular formula is C40H72N8O3. The lowest BCUT2D eigenvalue weighted by molar-refractivity contribution is -0.135. The zero-order valence-corrected chi connectivity index (χ0v) is 33.8. The summed E-state index contributed by atoms with van der Waals surface area (Å²) in [5, 5.41) is 0. The molecule has 1 aromatic heterocycles. The largest absolute Gasteiger partial charge is 0.381 e. The summed E-state index contributed by atoms with van der Waals surface area (Å²) in [5.74, 6) is 1.42. The molecule has 8 heterocycles. The standard InChI is InChI=1S/C14H26N2O.C13H20N4.C10H18N2O.C2H6.CH2O/c1-12(2)15-10-14(11-15)6-3-7-16(14)13-4-8-17-9-5-13;1-11(2)16-8-13(9-16)5-3-7-17(13)12-4-6-14-10-15-12;1-8(2)12-6-10(7-12)5-4-9(13)11(10)3;2*1-2/h12-13H,3-11H2,1-2H3;4,6,10-11H,3,5,7-9H2,1-2H3;8H,4-7H2,1-3H3;1-2H3;1H2. The molecule has 0 aromatic carbocycles. The van der Waals surface area contributed by atoms with Crippen LogP contribution in [0.4, 0.5) is 5.82 Å². The van der Waals surface area contributed by atoms with Crippen LogP contribution in [0, 0.1) is 0 Å². The maximum absolute atomic E-state index is 11.4. The molecule has 0 aliphatic carbocycles. The van der Waals surface area contributed by atoms with Gasteiger partial charge in [0.05, 0.1) is 11.1 Å². The Kier molecular flexibility index (Phi) is 14.9. The number of hydrogen-bond donors (Lipinski definition) is 0. The van der Waals surface area contributed by atoms with Crippen molar-refractivity contribution in [2.45, 2.75) is 148 Å². The van der Waals surface area contributed by atoms with E-state index in [2.05, 4.69) is 76.0 Å². The molecule has 51 heavy (non-hydrogen) atoms. The predicted octanol–water partition coefficient (Wildman–Crippen LogP) is 4.81.